The van der Waals surface area contributed by atoms with E-state index >= 15 is 0 Å². The summed E-state index contributed by atoms with van der Waals surface area (Å²) >= 11 is 7.81. The van der Waals surface area contributed by atoms with Crippen LogP contribution in [0.1, 0.15) is 68.9 Å². The molecule has 2 saturated heterocycles. The van der Waals surface area contributed by atoms with E-state index in [9.17, 15) is 9.90 Å². The minimum atomic E-state index is -1.17. The number of aliphatic carboxylic acids is 1. The monoisotopic (exact) mass is 686 g/mol. The molecule has 0 spiro atoms. The average Bonchev–Trinajstić information content (AvgIpc) is 3.76. The molecular formula is C37H43ClN6O3S. The molecule has 2 aliphatic rings. The second kappa shape index (κ2) is 12.8. The van der Waals surface area contributed by atoms with E-state index in [4.69, 9.17) is 31.4 Å². The molecule has 0 radical (unpaired) electrons. The zero-order valence-corrected chi connectivity index (χ0v) is 30.0. The molecule has 2 aliphatic heterocycles. The summed E-state index contributed by atoms with van der Waals surface area (Å²) in [5.74, 6) is -0.676. The van der Waals surface area contributed by atoms with Crippen molar-refractivity contribution in [2.45, 2.75) is 70.6 Å². The first-order valence-corrected chi connectivity index (χ1v) is 17.9. The topological polar surface area (TPSA) is 96.6 Å². The van der Waals surface area contributed by atoms with Gasteiger partial charge in [-0.3, -0.25) is 9.58 Å². The fraction of sp³-hybridized carbons (Fsp3) is 0.459. The van der Waals surface area contributed by atoms with Gasteiger partial charge < -0.3 is 14.7 Å². The number of carboxylic acids is 1. The molecule has 48 heavy (non-hydrogen) atoms. The van der Waals surface area contributed by atoms with Gasteiger partial charge >= 0.3 is 5.97 Å². The summed E-state index contributed by atoms with van der Waals surface area (Å²) in [7, 11) is 4.21. The molecular weight excluding hydrogens is 644 g/mol. The third-order valence-electron chi connectivity index (χ3n) is 9.76. The van der Waals surface area contributed by atoms with E-state index in [-0.39, 0.29) is 0 Å². The van der Waals surface area contributed by atoms with Crippen LogP contribution in [0, 0.1) is 6.92 Å². The second-order valence-corrected chi connectivity index (χ2v) is 15.8. The standard InChI is InChI=1S/C37H43ClN6O3S/c1-21-19-27-34(30(22-7-9-24(38)10-8-22)29(21)33(36(45)46)47-37(2,3)4)48-35(40-27)26-11-12-28-32(39-26)31(41-43(28)6)23-13-17-44(18-14-23)25-15-16-42(5)20-25/h7-12,19,23,25,33H,13-18,20H2,1-6H3,(H,45,46)/t25-,33-/m0/s1. The SMILES string of the molecule is Cc1cc2nc(-c3ccc4c(n3)c(C3CCN([C@H]5CCN(C)C5)CC3)nn4C)sc2c(-c2ccc(Cl)cc2)c1[C@H](OC(C)(C)C)C(=O)O. The van der Waals surface area contributed by atoms with Gasteiger partial charge in [-0.2, -0.15) is 5.10 Å². The average molecular weight is 687 g/mol. The number of likely N-dealkylation sites (N-methyl/N-ethyl adjacent to an activating group) is 1. The Morgan fingerprint density at radius 2 is 1.77 bits per heavy atom. The number of thiazole rings is 1. The van der Waals surface area contributed by atoms with E-state index in [2.05, 4.69) is 22.9 Å². The number of fused-ring (bicyclic) bond motifs is 2. The maximum absolute atomic E-state index is 12.7. The number of pyridine rings is 1. The zero-order chi connectivity index (χ0) is 33.9. The van der Waals surface area contributed by atoms with Gasteiger partial charge in [-0.1, -0.05) is 23.7 Å². The van der Waals surface area contributed by atoms with Crippen molar-refractivity contribution >= 4 is 50.2 Å². The minimum absolute atomic E-state index is 0.361. The van der Waals surface area contributed by atoms with E-state index in [0.717, 1.165) is 86.8 Å². The van der Waals surface area contributed by atoms with Gasteiger partial charge in [0.15, 0.2) is 6.10 Å². The van der Waals surface area contributed by atoms with Crippen LogP contribution in [-0.2, 0) is 16.6 Å². The van der Waals surface area contributed by atoms with Crippen LogP contribution in [0.3, 0.4) is 0 Å². The number of carboxylic acid groups (broad SMARTS) is 1. The van der Waals surface area contributed by atoms with Gasteiger partial charge in [0.2, 0.25) is 0 Å². The molecule has 11 heteroatoms. The summed E-state index contributed by atoms with van der Waals surface area (Å²) in [5, 5.41) is 16.8. The van der Waals surface area contributed by atoms with Crippen molar-refractivity contribution in [3.8, 4) is 21.8 Å². The summed E-state index contributed by atoms with van der Waals surface area (Å²) in [6.07, 6.45) is 2.24. The predicted octanol–water partition coefficient (Wildman–Crippen LogP) is 7.70. The fourth-order valence-corrected chi connectivity index (χ4v) is 8.67. The Morgan fingerprint density at radius 1 is 1.04 bits per heavy atom. The molecule has 1 N–H and O–H groups in total. The molecule has 2 aromatic carbocycles. The summed E-state index contributed by atoms with van der Waals surface area (Å²) in [6, 6.07) is 14.3. The molecule has 5 heterocycles. The number of carbonyl (C=O) groups is 1. The summed E-state index contributed by atoms with van der Waals surface area (Å²) in [4.78, 5) is 28.1. The highest BCUT2D eigenvalue weighted by atomic mass is 35.5. The molecule has 7 rings (SSSR count). The van der Waals surface area contributed by atoms with Crippen molar-refractivity contribution in [1.82, 2.24) is 29.5 Å². The smallest absolute Gasteiger partial charge is 0.337 e. The summed E-state index contributed by atoms with van der Waals surface area (Å²) < 4.78 is 9.02. The Labute approximate surface area is 290 Å². The largest absolute Gasteiger partial charge is 0.479 e. The Hall–Kier alpha value is -3.41. The molecule has 0 aliphatic carbocycles. The first-order chi connectivity index (χ1) is 22.9. The van der Waals surface area contributed by atoms with Crippen LogP contribution in [0.25, 0.3) is 43.1 Å². The first-order valence-electron chi connectivity index (χ1n) is 16.7. The highest BCUT2D eigenvalue weighted by molar-refractivity contribution is 7.22. The van der Waals surface area contributed by atoms with Crippen molar-refractivity contribution < 1.29 is 14.6 Å². The van der Waals surface area contributed by atoms with Crippen molar-refractivity contribution in [2.75, 3.05) is 33.2 Å². The van der Waals surface area contributed by atoms with Crippen LogP contribution in [0.15, 0.2) is 42.5 Å². The predicted molar refractivity (Wildman–Crippen MR) is 193 cm³/mol. The van der Waals surface area contributed by atoms with Gasteiger partial charge in [0.1, 0.15) is 10.5 Å². The van der Waals surface area contributed by atoms with Gasteiger partial charge in [-0.05, 0) is 115 Å². The maximum Gasteiger partial charge on any atom is 0.337 e. The number of halogens is 1. The fourth-order valence-electron chi connectivity index (χ4n) is 7.45. The lowest BCUT2D eigenvalue weighted by molar-refractivity contribution is -0.160. The third-order valence-corrected chi connectivity index (χ3v) is 11.1. The Bertz CT molecular complexity index is 1990. The molecule has 3 aromatic heterocycles. The number of nitrogens with zero attached hydrogens (tertiary/aromatic N) is 6. The lowest BCUT2D eigenvalue weighted by atomic mass is 9.91. The molecule has 0 unspecified atom stereocenters. The molecule has 0 amide bonds. The highest BCUT2D eigenvalue weighted by Gasteiger charge is 2.34. The van der Waals surface area contributed by atoms with Crippen LogP contribution >= 0.6 is 22.9 Å². The first kappa shape index (κ1) is 33.1. The molecule has 0 saturated carbocycles. The maximum atomic E-state index is 12.7. The lowest BCUT2D eigenvalue weighted by Gasteiger charge is -2.35. The van der Waals surface area contributed by atoms with Gasteiger partial charge in [-0.15, -0.1) is 11.3 Å². The van der Waals surface area contributed by atoms with Gasteiger partial charge in [0, 0.05) is 41.7 Å². The van der Waals surface area contributed by atoms with Crippen LogP contribution in [0.5, 0.6) is 0 Å². The van der Waals surface area contributed by atoms with Gasteiger partial charge in [0.25, 0.3) is 0 Å². The van der Waals surface area contributed by atoms with E-state index in [1.165, 1.54) is 24.3 Å². The molecule has 9 nitrogen and oxygen atoms in total. The van der Waals surface area contributed by atoms with E-state index < -0.39 is 17.7 Å². The number of aromatic nitrogens is 4. The van der Waals surface area contributed by atoms with Crippen molar-refractivity contribution in [2.24, 2.45) is 7.05 Å². The van der Waals surface area contributed by atoms with Crippen LogP contribution in [-0.4, -0.2) is 85.5 Å². The number of benzene rings is 2. The molecule has 2 atom stereocenters. The lowest BCUT2D eigenvalue weighted by Crippen LogP contribution is -2.42. The normalized spacial score (nSPS) is 19.1. The summed E-state index contributed by atoms with van der Waals surface area (Å²) in [6.45, 7) is 12.1. The van der Waals surface area contributed by atoms with E-state index in [1.54, 1.807) is 0 Å². The number of likely N-dealkylation sites (tertiary alicyclic amines) is 2. The zero-order valence-electron chi connectivity index (χ0n) is 28.5. The van der Waals surface area contributed by atoms with Crippen LogP contribution in [0.2, 0.25) is 5.02 Å². The molecule has 0 bridgehead atoms. The van der Waals surface area contributed by atoms with Crippen LogP contribution < -0.4 is 0 Å². The minimum Gasteiger partial charge on any atom is -0.479 e. The van der Waals surface area contributed by atoms with Crippen molar-refractivity contribution in [3.63, 3.8) is 0 Å². The Morgan fingerprint density at radius 3 is 2.42 bits per heavy atom. The van der Waals surface area contributed by atoms with Crippen molar-refractivity contribution in [3.05, 3.63) is 64.3 Å². The molecule has 5 aromatic rings. The summed E-state index contributed by atoms with van der Waals surface area (Å²) in [5.41, 5.74) is 7.00. The number of rotatable bonds is 7. The van der Waals surface area contributed by atoms with E-state index in [0.29, 0.717) is 22.5 Å². The van der Waals surface area contributed by atoms with Gasteiger partial charge in [-0.25, -0.2) is 14.8 Å². The Kier molecular flexibility index (Phi) is 8.83. The molecule has 252 valence electrons. The number of hydrogen-bond acceptors (Lipinski definition) is 8. The van der Waals surface area contributed by atoms with Gasteiger partial charge in [0.05, 0.1) is 32.7 Å². The number of hydrogen-bond donors (Lipinski definition) is 1. The van der Waals surface area contributed by atoms with E-state index in [1.807, 2.05) is 75.8 Å². The van der Waals surface area contributed by atoms with Crippen LogP contribution in [0.4, 0.5) is 0 Å². The Balaban J connectivity index is 1.30. The second-order valence-electron chi connectivity index (χ2n) is 14.4. The number of aryl methyl sites for hydroxylation is 2. The highest BCUT2D eigenvalue weighted by Crippen LogP contribution is 2.44. The van der Waals surface area contributed by atoms with Crippen molar-refractivity contribution in [1.29, 1.82) is 0 Å². The third kappa shape index (κ3) is 6.36. The number of piperidine rings is 1. The quantitative estimate of drug-likeness (QED) is 0.186. The molecule has 2 fully saturated rings. The number of ether oxygens (including phenoxy) is 1.